The number of rotatable bonds is 8. The zero-order valence-corrected chi connectivity index (χ0v) is 18.5. The van der Waals surface area contributed by atoms with Gasteiger partial charge in [-0.1, -0.05) is 6.07 Å². The summed E-state index contributed by atoms with van der Waals surface area (Å²) in [6.45, 7) is 3.88. The molecular weight excluding hydrogens is 417 g/mol. The van der Waals surface area contributed by atoms with Crippen LogP contribution in [0.1, 0.15) is 36.2 Å². The molecule has 2 aromatic rings. The molecule has 1 aliphatic heterocycles. The van der Waals surface area contributed by atoms with Crippen LogP contribution in [0.15, 0.2) is 35.7 Å². The fourth-order valence-corrected chi connectivity index (χ4v) is 4.88. The molecule has 1 aromatic carbocycles. The van der Waals surface area contributed by atoms with Gasteiger partial charge in [-0.2, -0.15) is 0 Å². The summed E-state index contributed by atoms with van der Waals surface area (Å²) in [4.78, 5) is 30.5. The lowest BCUT2D eigenvalue weighted by Gasteiger charge is -2.37. The number of nitrogens with one attached hydrogen (secondary N) is 1. The van der Waals surface area contributed by atoms with Gasteiger partial charge < -0.3 is 19.9 Å². The second kappa shape index (κ2) is 9.68. The van der Waals surface area contributed by atoms with Crippen LogP contribution in [0.25, 0.3) is 0 Å². The molecule has 31 heavy (non-hydrogen) atoms. The largest absolute Gasteiger partial charge is 0.491 e. The minimum absolute atomic E-state index is 0.0538. The number of nitrogens with zero attached hydrogens (tertiary/aromatic N) is 2. The lowest BCUT2D eigenvalue weighted by molar-refractivity contribution is -0.135. The number of urea groups is 1. The van der Waals surface area contributed by atoms with E-state index in [4.69, 9.17) is 4.74 Å². The normalized spacial score (nSPS) is 17.7. The average molecular weight is 446 g/mol. The molecule has 2 aliphatic rings. The Morgan fingerprint density at radius 2 is 2.16 bits per heavy atom. The van der Waals surface area contributed by atoms with E-state index < -0.39 is 0 Å². The lowest BCUT2D eigenvalue weighted by Crippen LogP contribution is -2.50. The number of fused-ring (bicyclic) bond motifs is 1. The number of carbonyl (C=O) groups is 2. The molecule has 8 heteroatoms. The smallest absolute Gasteiger partial charge is 0.317 e. The second-order valence-corrected chi connectivity index (χ2v) is 9.08. The third kappa shape index (κ3) is 5.36. The molecule has 3 amide bonds. The highest BCUT2D eigenvalue weighted by atomic mass is 32.1. The number of ether oxygens (including phenoxy) is 1. The van der Waals surface area contributed by atoms with Gasteiger partial charge in [0.2, 0.25) is 5.91 Å². The van der Waals surface area contributed by atoms with Gasteiger partial charge in [-0.3, -0.25) is 4.79 Å². The fraction of sp³-hybridized carbons (Fsp3) is 0.478. The standard InChI is InChI=1S/C23H28FN3O3S/c1-2-25-23(29)26(13-16-6-7-16)14-22(28)27-10-8-21-19(9-11-31-21)20(27)15-30-18-5-3-4-17(24)12-18/h3-5,9,11-12,16,20H,2,6-8,10,13-15H2,1H3,(H,25,29)/t20-/m1/s1. The van der Waals surface area contributed by atoms with Crippen LogP contribution >= 0.6 is 11.3 Å². The Kier molecular flexibility index (Phi) is 6.75. The van der Waals surface area contributed by atoms with Crippen LogP contribution in [0.4, 0.5) is 9.18 Å². The van der Waals surface area contributed by atoms with E-state index in [0.717, 1.165) is 24.8 Å². The first-order valence-corrected chi connectivity index (χ1v) is 11.7. The van der Waals surface area contributed by atoms with E-state index >= 15 is 0 Å². The summed E-state index contributed by atoms with van der Waals surface area (Å²) in [5.41, 5.74) is 1.08. The van der Waals surface area contributed by atoms with Crippen molar-refractivity contribution in [1.29, 1.82) is 0 Å². The highest BCUT2D eigenvalue weighted by Crippen LogP contribution is 2.34. The lowest BCUT2D eigenvalue weighted by atomic mass is 10.0. The van der Waals surface area contributed by atoms with Crippen LogP contribution in [-0.2, 0) is 11.2 Å². The van der Waals surface area contributed by atoms with Crippen LogP contribution in [0, 0.1) is 11.7 Å². The van der Waals surface area contributed by atoms with Crippen molar-refractivity contribution in [3.63, 3.8) is 0 Å². The predicted octanol–water partition coefficient (Wildman–Crippen LogP) is 3.83. The minimum atomic E-state index is -0.358. The molecule has 0 saturated heterocycles. The van der Waals surface area contributed by atoms with Crippen molar-refractivity contribution in [1.82, 2.24) is 15.1 Å². The van der Waals surface area contributed by atoms with Crippen molar-refractivity contribution in [2.75, 3.05) is 32.8 Å². The van der Waals surface area contributed by atoms with E-state index in [1.165, 1.54) is 17.0 Å². The molecule has 1 atom stereocenters. The van der Waals surface area contributed by atoms with Gasteiger partial charge >= 0.3 is 6.03 Å². The van der Waals surface area contributed by atoms with Crippen LogP contribution in [0.5, 0.6) is 5.75 Å². The van der Waals surface area contributed by atoms with E-state index in [2.05, 4.69) is 5.32 Å². The summed E-state index contributed by atoms with van der Waals surface area (Å²) >= 11 is 1.68. The summed E-state index contributed by atoms with van der Waals surface area (Å²) in [7, 11) is 0. The molecule has 1 fully saturated rings. The van der Waals surface area contributed by atoms with Gasteiger partial charge in [0.25, 0.3) is 0 Å². The number of thiophene rings is 1. The molecule has 1 N–H and O–H groups in total. The Bertz CT molecular complexity index is 930. The van der Waals surface area contributed by atoms with Crippen molar-refractivity contribution in [3.05, 3.63) is 52.0 Å². The zero-order chi connectivity index (χ0) is 21.8. The highest BCUT2D eigenvalue weighted by Gasteiger charge is 2.34. The maximum Gasteiger partial charge on any atom is 0.317 e. The molecule has 4 rings (SSSR count). The molecular formula is C23H28FN3O3S. The van der Waals surface area contributed by atoms with Crippen LogP contribution in [0.2, 0.25) is 0 Å². The van der Waals surface area contributed by atoms with E-state index in [-0.39, 0.29) is 36.9 Å². The molecule has 0 unspecified atom stereocenters. The van der Waals surface area contributed by atoms with Gasteiger partial charge in [-0.15, -0.1) is 11.3 Å². The van der Waals surface area contributed by atoms with E-state index in [0.29, 0.717) is 31.3 Å². The number of halogens is 1. The molecule has 6 nitrogen and oxygen atoms in total. The van der Waals surface area contributed by atoms with Crippen molar-refractivity contribution in [2.45, 2.75) is 32.2 Å². The van der Waals surface area contributed by atoms with Gasteiger partial charge in [-0.25, -0.2) is 9.18 Å². The molecule has 0 radical (unpaired) electrons. The second-order valence-electron chi connectivity index (χ2n) is 8.08. The van der Waals surface area contributed by atoms with Gasteiger partial charge in [-0.05, 0) is 61.2 Å². The SMILES string of the molecule is CCNC(=O)N(CC(=O)N1CCc2sccc2[C@H]1COc1cccc(F)c1)CC1CC1. The summed E-state index contributed by atoms with van der Waals surface area (Å²) in [5.74, 6) is 0.485. The number of amides is 3. The van der Waals surface area contributed by atoms with Crippen LogP contribution in [0.3, 0.4) is 0 Å². The number of benzene rings is 1. The number of carbonyl (C=O) groups excluding carboxylic acids is 2. The quantitative estimate of drug-likeness (QED) is 0.672. The monoisotopic (exact) mass is 445 g/mol. The third-order valence-corrected chi connectivity index (χ3v) is 6.73. The van der Waals surface area contributed by atoms with Gasteiger partial charge in [0.15, 0.2) is 0 Å². The van der Waals surface area contributed by atoms with E-state index in [1.54, 1.807) is 28.4 Å². The summed E-state index contributed by atoms with van der Waals surface area (Å²) in [5, 5.41) is 4.85. The highest BCUT2D eigenvalue weighted by molar-refractivity contribution is 7.10. The predicted molar refractivity (Wildman–Crippen MR) is 118 cm³/mol. The van der Waals surface area contributed by atoms with Gasteiger partial charge in [0.1, 0.15) is 24.7 Å². The molecule has 1 saturated carbocycles. The van der Waals surface area contributed by atoms with Gasteiger partial charge in [0, 0.05) is 30.6 Å². The molecule has 1 aromatic heterocycles. The Hall–Kier alpha value is -2.61. The number of hydrogen-bond donors (Lipinski definition) is 1. The van der Waals surface area contributed by atoms with Crippen molar-refractivity contribution in [2.24, 2.45) is 5.92 Å². The summed E-state index contributed by atoms with van der Waals surface area (Å²) in [6, 6.07) is 7.61. The minimum Gasteiger partial charge on any atom is -0.491 e. The molecule has 166 valence electrons. The molecule has 0 bridgehead atoms. The summed E-state index contributed by atoms with van der Waals surface area (Å²) < 4.78 is 19.4. The molecule has 1 aliphatic carbocycles. The number of hydrogen-bond acceptors (Lipinski definition) is 4. The van der Waals surface area contributed by atoms with Crippen LogP contribution in [-0.4, -0.2) is 54.5 Å². The van der Waals surface area contributed by atoms with Crippen molar-refractivity contribution in [3.8, 4) is 5.75 Å². The Balaban J connectivity index is 1.48. The fourth-order valence-electron chi connectivity index (χ4n) is 3.96. The molecule has 2 heterocycles. The first-order valence-electron chi connectivity index (χ1n) is 10.8. The Morgan fingerprint density at radius 1 is 1.32 bits per heavy atom. The average Bonchev–Trinajstić information content (AvgIpc) is 3.44. The van der Waals surface area contributed by atoms with Crippen molar-refractivity contribution >= 4 is 23.3 Å². The molecule has 0 spiro atoms. The van der Waals surface area contributed by atoms with E-state index in [9.17, 15) is 14.0 Å². The van der Waals surface area contributed by atoms with Crippen LogP contribution < -0.4 is 10.1 Å². The Labute approximate surface area is 186 Å². The Morgan fingerprint density at radius 3 is 2.90 bits per heavy atom. The van der Waals surface area contributed by atoms with Crippen molar-refractivity contribution < 1.29 is 18.7 Å². The maximum atomic E-state index is 13.5. The van der Waals surface area contributed by atoms with Gasteiger partial charge in [0.05, 0.1) is 6.04 Å². The van der Waals surface area contributed by atoms with E-state index in [1.807, 2.05) is 23.3 Å². The first kappa shape index (κ1) is 21.6. The summed E-state index contributed by atoms with van der Waals surface area (Å²) in [6.07, 6.45) is 3.01. The first-order chi connectivity index (χ1) is 15.0. The third-order valence-electron chi connectivity index (χ3n) is 5.74. The zero-order valence-electron chi connectivity index (χ0n) is 17.7. The topological polar surface area (TPSA) is 61.9 Å². The maximum absolute atomic E-state index is 13.5.